The molecule has 0 unspecified atom stereocenters. The number of nitrogens with zero attached hydrogens (tertiary/aromatic N) is 2. The molecule has 9 heteroatoms. The largest absolute Gasteiger partial charge is 0.436 e. The van der Waals surface area contributed by atoms with Crippen molar-refractivity contribution in [1.82, 2.24) is 15.1 Å². The number of anilines is 1. The van der Waals surface area contributed by atoms with Crippen LogP contribution in [-0.2, 0) is 12.7 Å². The van der Waals surface area contributed by atoms with Crippen LogP contribution in [0.1, 0.15) is 36.6 Å². The second-order valence-electron chi connectivity index (χ2n) is 7.30. The fourth-order valence-corrected chi connectivity index (χ4v) is 4.53. The van der Waals surface area contributed by atoms with Gasteiger partial charge in [0.05, 0.1) is 10.2 Å². The topological polar surface area (TPSA) is 41.9 Å². The summed E-state index contributed by atoms with van der Waals surface area (Å²) in [5, 5.41) is 12.8. The number of nitrogens with one attached hydrogen (secondary N) is 2. The van der Waals surface area contributed by atoms with Crippen LogP contribution in [0, 0.1) is 0 Å². The molecule has 0 atom stereocenters. The Bertz CT molecular complexity index is 1070. The maximum absolute atomic E-state index is 13.2. The molecule has 0 bridgehead atoms. The summed E-state index contributed by atoms with van der Waals surface area (Å²) in [4.78, 5) is 0. The SMILES string of the molecule is FC(F)(F)c1nn(CCCNC(=S)Nc2cccc3ccccc23)c(C2CC2)c1Br. The number of thiocarbonyl (C=S) groups is 1. The highest BCUT2D eigenvalue weighted by Gasteiger charge is 2.41. The number of benzene rings is 2. The van der Waals surface area contributed by atoms with Crippen molar-refractivity contribution in [2.45, 2.75) is 37.9 Å². The first-order valence-electron chi connectivity index (χ1n) is 9.70. The second-order valence-corrected chi connectivity index (χ2v) is 8.51. The van der Waals surface area contributed by atoms with Crippen LogP contribution in [-0.4, -0.2) is 21.4 Å². The predicted molar refractivity (Wildman–Crippen MR) is 120 cm³/mol. The van der Waals surface area contributed by atoms with E-state index in [0.29, 0.717) is 30.3 Å². The first-order valence-corrected chi connectivity index (χ1v) is 10.9. The molecule has 4 nitrogen and oxygen atoms in total. The molecule has 0 amide bonds. The van der Waals surface area contributed by atoms with Gasteiger partial charge in [-0.05, 0) is 58.9 Å². The number of rotatable bonds is 6. The lowest BCUT2D eigenvalue weighted by atomic mass is 10.1. The molecule has 1 fully saturated rings. The molecule has 0 radical (unpaired) electrons. The van der Waals surface area contributed by atoms with Crippen molar-refractivity contribution >= 4 is 49.7 Å². The van der Waals surface area contributed by atoms with E-state index in [9.17, 15) is 13.2 Å². The Balaban J connectivity index is 1.35. The van der Waals surface area contributed by atoms with Gasteiger partial charge in [0, 0.05) is 30.1 Å². The van der Waals surface area contributed by atoms with Crippen LogP contribution < -0.4 is 10.6 Å². The van der Waals surface area contributed by atoms with Crippen molar-refractivity contribution in [2.75, 3.05) is 11.9 Å². The Morgan fingerprint density at radius 1 is 1.17 bits per heavy atom. The van der Waals surface area contributed by atoms with Crippen LogP contribution in [0.3, 0.4) is 0 Å². The molecule has 2 aromatic carbocycles. The predicted octanol–water partition coefficient (Wildman–Crippen LogP) is 6.07. The lowest BCUT2D eigenvalue weighted by Crippen LogP contribution is -2.30. The number of halogens is 4. The third-order valence-corrected chi connectivity index (χ3v) is 6.06. The van der Waals surface area contributed by atoms with Gasteiger partial charge >= 0.3 is 6.18 Å². The molecule has 1 saturated carbocycles. The van der Waals surface area contributed by atoms with E-state index >= 15 is 0 Å². The van der Waals surface area contributed by atoms with Crippen molar-refractivity contribution in [3.8, 4) is 0 Å². The quantitative estimate of drug-likeness (QED) is 0.321. The van der Waals surface area contributed by atoms with E-state index < -0.39 is 11.9 Å². The van der Waals surface area contributed by atoms with Crippen molar-refractivity contribution in [2.24, 2.45) is 0 Å². The highest BCUT2D eigenvalue weighted by molar-refractivity contribution is 9.10. The summed E-state index contributed by atoms with van der Waals surface area (Å²) in [6, 6.07) is 14.0. The minimum Gasteiger partial charge on any atom is -0.362 e. The molecule has 3 aromatic rings. The first-order chi connectivity index (χ1) is 14.3. The molecule has 1 heterocycles. The molecular formula is C21H20BrF3N4S. The Morgan fingerprint density at radius 3 is 2.63 bits per heavy atom. The minimum absolute atomic E-state index is 0.0820. The minimum atomic E-state index is -4.46. The summed E-state index contributed by atoms with van der Waals surface area (Å²) in [6.45, 7) is 0.921. The molecule has 1 aliphatic carbocycles. The van der Waals surface area contributed by atoms with Crippen LogP contribution >= 0.6 is 28.1 Å². The van der Waals surface area contributed by atoms with Gasteiger partial charge in [0.25, 0.3) is 0 Å². The van der Waals surface area contributed by atoms with Crippen LogP contribution in [0.4, 0.5) is 18.9 Å². The average Bonchev–Trinajstić information content (AvgIpc) is 3.47. The molecular weight excluding hydrogens is 477 g/mol. The highest BCUT2D eigenvalue weighted by atomic mass is 79.9. The average molecular weight is 497 g/mol. The van der Waals surface area contributed by atoms with Crippen LogP contribution in [0.15, 0.2) is 46.9 Å². The lowest BCUT2D eigenvalue weighted by Gasteiger charge is -2.13. The standard InChI is InChI=1S/C21H20BrF3N4S/c22-17-18(14-9-10-14)29(28-19(17)21(23,24)25)12-4-11-26-20(30)27-16-8-3-6-13-5-1-2-7-15(13)16/h1-3,5-8,14H,4,9-12H2,(H2,26,27,30). The summed E-state index contributed by atoms with van der Waals surface area (Å²) < 4.78 is 41.2. The smallest absolute Gasteiger partial charge is 0.362 e. The molecule has 0 spiro atoms. The number of fused-ring (bicyclic) bond motifs is 1. The Labute approximate surface area is 186 Å². The van der Waals surface area contributed by atoms with E-state index in [1.54, 1.807) is 0 Å². The fourth-order valence-electron chi connectivity index (χ4n) is 3.48. The van der Waals surface area contributed by atoms with Gasteiger partial charge in [-0.2, -0.15) is 18.3 Å². The fraction of sp³-hybridized carbons (Fsp3) is 0.333. The van der Waals surface area contributed by atoms with E-state index in [4.69, 9.17) is 12.2 Å². The maximum Gasteiger partial charge on any atom is 0.436 e. The van der Waals surface area contributed by atoms with Crippen molar-refractivity contribution < 1.29 is 13.2 Å². The van der Waals surface area contributed by atoms with Crippen LogP contribution in [0.5, 0.6) is 0 Å². The third kappa shape index (κ3) is 4.62. The highest BCUT2D eigenvalue weighted by Crippen LogP contribution is 2.47. The van der Waals surface area contributed by atoms with Crippen molar-refractivity contribution in [3.05, 3.63) is 58.3 Å². The molecule has 4 rings (SSSR count). The van der Waals surface area contributed by atoms with Gasteiger partial charge in [-0.15, -0.1) is 0 Å². The van der Waals surface area contributed by atoms with Gasteiger partial charge in [0.2, 0.25) is 0 Å². The molecule has 0 aliphatic heterocycles. The number of hydrogen-bond donors (Lipinski definition) is 2. The van der Waals surface area contributed by atoms with Crippen molar-refractivity contribution in [3.63, 3.8) is 0 Å². The number of alkyl halides is 3. The van der Waals surface area contributed by atoms with Gasteiger partial charge in [-0.25, -0.2) is 0 Å². The normalized spacial score (nSPS) is 14.1. The molecule has 30 heavy (non-hydrogen) atoms. The van der Waals surface area contributed by atoms with Gasteiger partial charge in [0.15, 0.2) is 10.8 Å². The molecule has 1 aliphatic rings. The number of hydrogen-bond acceptors (Lipinski definition) is 2. The first kappa shape index (κ1) is 21.1. The van der Waals surface area contributed by atoms with Gasteiger partial charge in [-0.1, -0.05) is 36.4 Å². The molecule has 0 saturated heterocycles. The molecule has 2 N–H and O–H groups in total. The van der Waals surface area contributed by atoms with E-state index in [0.717, 1.165) is 29.3 Å². The molecule has 1 aromatic heterocycles. The van der Waals surface area contributed by atoms with Crippen molar-refractivity contribution in [1.29, 1.82) is 0 Å². The number of aryl methyl sites for hydroxylation is 1. The van der Waals surface area contributed by atoms with Crippen LogP contribution in [0.25, 0.3) is 10.8 Å². The third-order valence-electron chi connectivity index (χ3n) is 5.03. The maximum atomic E-state index is 13.2. The monoisotopic (exact) mass is 496 g/mol. The van der Waals surface area contributed by atoms with Gasteiger partial charge in [-0.3, -0.25) is 4.68 Å². The van der Waals surface area contributed by atoms with E-state index in [2.05, 4.69) is 31.7 Å². The van der Waals surface area contributed by atoms with E-state index in [1.807, 2.05) is 42.5 Å². The van der Waals surface area contributed by atoms with E-state index in [1.165, 1.54) is 4.68 Å². The zero-order chi connectivity index (χ0) is 21.3. The van der Waals surface area contributed by atoms with Crippen LogP contribution in [0.2, 0.25) is 0 Å². The van der Waals surface area contributed by atoms with Gasteiger partial charge in [0.1, 0.15) is 0 Å². The Morgan fingerprint density at radius 2 is 1.90 bits per heavy atom. The lowest BCUT2D eigenvalue weighted by molar-refractivity contribution is -0.142. The van der Waals surface area contributed by atoms with E-state index in [-0.39, 0.29) is 10.4 Å². The zero-order valence-corrected chi connectivity index (χ0v) is 18.4. The summed E-state index contributed by atoms with van der Waals surface area (Å²) in [7, 11) is 0. The molecule has 158 valence electrons. The summed E-state index contributed by atoms with van der Waals surface area (Å²) >= 11 is 8.50. The van der Waals surface area contributed by atoms with Gasteiger partial charge < -0.3 is 10.6 Å². The Kier molecular flexibility index (Phi) is 6.02. The summed E-state index contributed by atoms with van der Waals surface area (Å²) in [5.74, 6) is 0.157. The Hall–Kier alpha value is -2.13. The second kappa shape index (κ2) is 8.55. The zero-order valence-electron chi connectivity index (χ0n) is 16.0. The number of aromatic nitrogens is 2. The summed E-state index contributed by atoms with van der Waals surface area (Å²) in [6.07, 6.45) is -2.06. The summed E-state index contributed by atoms with van der Waals surface area (Å²) in [5.41, 5.74) is 0.719.